The molecule has 1 aromatic carbocycles. The minimum absolute atomic E-state index is 0.126. The first kappa shape index (κ1) is 16.7. The zero-order valence-corrected chi connectivity index (χ0v) is 14.5. The number of carbonyl (C=O) groups is 1. The number of rotatable bonds is 5. The summed E-state index contributed by atoms with van der Waals surface area (Å²) in [5.41, 5.74) is 3.64. The number of aromatic nitrogens is 1. The summed E-state index contributed by atoms with van der Waals surface area (Å²) in [6, 6.07) is 8.34. The van der Waals surface area contributed by atoms with Crippen molar-refractivity contribution in [3.8, 4) is 0 Å². The molecule has 0 atom stereocenters. The summed E-state index contributed by atoms with van der Waals surface area (Å²) >= 11 is 0. The van der Waals surface area contributed by atoms with Crippen molar-refractivity contribution >= 4 is 5.91 Å². The van der Waals surface area contributed by atoms with Crippen LogP contribution in [0.15, 0.2) is 28.8 Å². The fourth-order valence-electron chi connectivity index (χ4n) is 3.31. The van der Waals surface area contributed by atoms with E-state index >= 15 is 0 Å². The SMILES string of the molecule is Cc1noc(C)c1C(=O)NCc1ccccc1CN1CCCCC1. The first-order chi connectivity index (χ1) is 11.6. The first-order valence-electron chi connectivity index (χ1n) is 8.65. The van der Waals surface area contributed by atoms with Crippen molar-refractivity contribution in [1.29, 1.82) is 0 Å². The van der Waals surface area contributed by atoms with E-state index in [9.17, 15) is 4.79 Å². The predicted octanol–water partition coefficient (Wildman–Crippen LogP) is 3.21. The molecule has 2 aromatic rings. The van der Waals surface area contributed by atoms with Crippen LogP contribution in [-0.4, -0.2) is 29.1 Å². The average molecular weight is 327 g/mol. The molecule has 128 valence electrons. The van der Waals surface area contributed by atoms with Gasteiger partial charge < -0.3 is 9.84 Å². The smallest absolute Gasteiger partial charge is 0.257 e. The number of nitrogens with one attached hydrogen (secondary N) is 1. The van der Waals surface area contributed by atoms with Crippen LogP contribution in [0.5, 0.6) is 0 Å². The molecule has 1 aromatic heterocycles. The number of hydrogen-bond donors (Lipinski definition) is 1. The standard InChI is InChI=1S/C19H25N3O2/c1-14-18(15(2)24-21-14)19(23)20-12-16-8-4-5-9-17(16)13-22-10-6-3-7-11-22/h4-5,8-9H,3,6-7,10-13H2,1-2H3,(H,20,23). The summed E-state index contributed by atoms with van der Waals surface area (Å²) < 4.78 is 5.08. The number of benzene rings is 1. The van der Waals surface area contributed by atoms with E-state index in [1.165, 1.54) is 43.5 Å². The minimum Gasteiger partial charge on any atom is -0.361 e. The quantitative estimate of drug-likeness (QED) is 0.916. The Hall–Kier alpha value is -2.14. The Morgan fingerprint density at radius 3 is 2.54 bits per heavy atom. The van der Waals surface area contributed by atoms with E-state index in [0.29, 0.717) is 23.6 Å². The highest BCUT2D eigenvalue weighted by molar-refractivity contribution is 5.96. The van der Waals surface area contributed by atoms with Crippen LogP contribution in [0.2, 0.25) is 0 Å². The van der Waals surface area contributed by atoms with Gasteiger partial charge in [0.05, 0.1) is 5.69 Å². The van der Waals surface area contributed by atoms with Gasteiger partial charge in [-0.2, -0.15) is 0 Å². The van der Waals surface area contributed by atoms with Crippen LogP contribution in [0.25, 0.3) is 0 Å². The van der Waals surface area contributed by atoms with E-state index in [1.54, 1.807) is 13.8 Å². The lowest BCUT2D eigenvalue weighted by Crippen LogP contribution is -2.30. The lowest BCUT2D eigenvalue weighted by atomic mass is 10.0. The fraction of sp³-hybridized carbons (Fsp3) is 0.474. The van der Waals surface area contributed by atoms with Gasteiger partial charge >= 0.3 is 0 Å². The van der Waals surface area contributed by atoms with E-state index in [1.807, 2.05) is 6.07 Å². The molecule has 0 radical (unpaired) electrons. The maximum atomic E-state index is 12.4. The van der Waals surface area contributed by atoms with Gasteiger partial charge in [-0.1, -0.05) is 35.8 Å². The van der Waals surface area contributed by atoms with Crippen LogP contribution in [0.4, 0.5) is 0 Å². The number of hydrogen-bond acceptors (Lipinski definition) is 4. The molecule has 0 saturated carbocycles. The van der Waals surface area contributed by atoms with E-state index in [4.69, 9.17) is 4.52 Å². The van der Waals surface area contributed by atoms with Crippen molar-refractivity contribution in [1.82, 2.24) is 15.4 Å². The summed E-state index contributed by atoms with van der Waals surface area (Å²) in [7, 11) is 0. The van der Waals surface area contributed by atoms with Gasteiger partial charge in [-0.05, 0) is 50.9 Å². The van der Waals surface area contributed by atoms with Crippen molar-refractivity contribution < 1.29 is 9.32 Å². The normalized spacial score (nSPS) is 15.4. The average Bonchev–Trinajstić information content (AvgIpc) is 2.93. The van der Waals surface area contributed by atoms with Crippen molar-refractivity contribution in [3.63, 3.8) is 0 Å². The van der Waals surface area contributed by atoms with Gasteiger partial charge in [0, 0.05) is 13.1 Å². The Morgan fingerprint density at radius 1 is 1.17 bits per heavy atom. The van der Waals surface area contributed by atoms with Gasteiger partial charge in [-0.3, -0.25) is 9.69 Å². The largest absolute Gasteiger partial charge is 0.361 e. The second-order valence-corrected chi connectivity index (χ2v) is 6.49. The Labute approximate surface area is 143 Å². The summed E-state index contributed by atoms with van der Waals surface area (Å²) in [6.07, 6.45) is 3.90. The second kappa shape index (κ2) is 7.62. The van der Waals surface area contributed by atoms with Crippen LogP contribution < -0.4 is 5.32 Å². The third-order valence-electron chi connectivity index (χ3n) is 4.66. The molecular formula is C19H25N3O2. The molecule has 5 nitrogen and oxygen atoms in total. The molecular weight excluding hydrogens is 302 g/mol. The van der Waals surface area contributed by atoms with Crippen LogP contribution in [-0.2, 0) is 13.1 Å². The van der Waals surface area contributed by atoms with Gasteiger partial charge in [-0.25, -0.2) is 0 Å². The van der Waals surface area contributed by atoms with E-state index in [0.717, 1.165) is 6.54 Å². The zero-order valence-electron chi connectivity index (χ0n) is 14.5. The summed E-state index contributed by atoms with van der Waals surface area (Å²) in [4.78, 5) is 14.9. The Morgan fingerprint density at radius 2 is 1.88 bits per heavy atom. The molecule has 0 aliphatic carbocycles. The summed E-state index contributed by atoms with van der Waals surface area (Å²) in [6.45, 7) is 7.36. The van der Waals surface area contributed by atoms with Crippen LogP contribution in [0, 0.1) is 13.8 Å². The predicted molar refractivity (Wildman–Crippen MR) is 92.7 cm³/mol. The zero-order chi connectivity index (χ0) is 16.9. The molecule has 2 heterocycles. The first-order valence-corrected chi connectivity index (χ1v) is 8.65. The summed E-state index contributed by atoms with van der Waals surface area (Å²) in [5.74, 6) is 0.436. The highest BCUT2D eigenvalue weighted by Gasteiger charge is 2.18. The maximum absolute atomic E-state index is 12.4. The fourth-order valence-corrected chi connectivity index (χ4v) is 3.31. The molecule has 1 amide bonds. The van der Waals surface area contributed by atoms with Gasteiger partial charge in [0.15, 0.2) is 0 Å². The van der Waals surface area contributed by atoms with Gasteiger partial charge in [0.1, 0.15) is 11.3 Å². The molecule has 1 fully saturated rings. The molecule has 0 spiro atoms. The summed E-state index contributed by atoms with van der Waals surface area (Å²) in [5, 5.41) is 6.85. The number of nitrogens with zero attached hydrogens (tertiary/aromatic N) is 2. The third-order valence-corrected chi connectivity index (χ3v) is 4.66. The minimum atomic E-state index is -0.126. The van der Waals surface area contributed by atoms with Crippen molar-refractivity contribution in [3.05, 3.63) is 52.4 Å². The molecule has 0 bridgehead atoms. The molecule has 1 saturated heterocycles. The topological polar surface area (TPSA) is 58.4 Å². The molecule has 1 N–H and O–H groups in total. The van der Waals surface area contributed by atoms with E-state index < -0.39 is 0 Å². The van der Waals surface area contributed by atoms with Crippen molar-refractivity contribution in [2.75, 3.05) is 13.1 Å². The third kappa shape index (κ3) is 3.85. The number of aryl methyl sites for hydroxylation is 2. The number of carbonyl (C=O) groups excluding carboxylic acids is 1. The monoisotopic (exact) mass is 327 g/mol. The molecule has 24 heavy (non-hydrogen) atoms. The lowest BCUT2D eigenvalue weighted by Gasteiger charge is -2.27. The van der Waals surface area contributed by atoms with Gasteiger partial charge in [0.25, 0.3) is 5.91 Å². The van der Waals surface area contributed by atoms with Crippen LogP contribution >= 0.6 is 0 Å². The molecule has 5 heteroatoms. The van der Waals surface area contributed by atoms with E-state index in [2.05, 4.69) is 33.6 Å². The van der Waals surface area contributed by atoms with Crippen molar-refractivity contribution in [2.45, 2.75) is 46.2 Å². The molecule has 3 rings (SSSR count). The Bertz CT molecular complexity index is 683. The van der Waals surface area contributed by atoms with Gasteiger partial charge in [-0.15, -0.1) is 0 Å². The number of piperidine rings is 1. The Kier molecular flexibility index (Phi) is 5.30. The number of likely N-dealkylation sites (tertiary alicyclic amines) is 1. The van der Waals surface area contributed by atoms with Crippen LogP contribution in [0.3, 0.4) is 0 Å². The van der Waals surface area contributed by atoms with E-state index in [-0.39, 0.29) is 5.91 Å². The Balaban J connectivity index is 1.66. The maximum Gasteiger partial charge on any atom is 0.257 e. The highest BCUT2D eigenvalue weighted by Crippen LogP contribution is 2.17. The molecule has 1 aliphatic rings. The van der Waals surface area contributed by atoms with Gasteiger partial charge in [0.2, 0.25) is 0 Å². The molecule has 0 unspecified atom stereocenters. The molecule has 1 aliphatic heterocycles. The lowest BCUT2D eigenvalue weighted by molar-refractivity contribution is 0.0948. The van der Waals surface area contributed by atoms with Crippen molar-refractivity contribution in [2.24, 2.45) is 0 Å². The van der Waals surface area contributed by atoms with Crippen LogP contribution in [0.1, 0.15) is 52.2 Å². The second-order valence-electron chi connectivity index (χ2n) is 6.49. The number of amides is 1. The highest BCUT2D eigenvalue weighted by atomic mass is 16.5.